The standard InChI is InChI=1S/C15H23NO/c1-7-15(5,6)12-8-9-16-11(4)13(12)14(17)10(2)3/h8-10H,7H2,1-6H3. The van der Waals surface area contributed by atoms with E-state index in [4.69, 9.17) is 0 Å². The molecule has 0 unspecified atom stereocenters. The summed E-state index contributed by atoms with van der Waals surface area (Å²) in [5, 5.41) is 0. The Bertz CT molecular complexity index is 419. The van der Waals surface area contributed by atoms with E-state index >= 15 is 0 Å². The Hall–Kier alpha value is -1.18. The minimum absolute atomic E-state index is 0.0179. The fourth-order valence-electron chi connectivity index (χ4n) is 1.92. The number of nitrogens with zero attached hydrogens (tertiary/aromatic N) is 1. The second-order valence-corrected chi connectivity index (χ2v) is 5.58. The Morgan fingerprint density at radius 3 is 2.47 bits per heavy atom. The molecule has 0 radical (unpaired) electrons. The van der Waals surface area contributed by atoms with Crippen LogP contribution in [-0.4, -0.2) is 10.8 Å². The zero-order valence-electron chi connectivity index (χ0n) is 11.8. The van der Waals surface area contributed by atoms with Gasteiger partial charge in [-0.25, -0.2) is 0 Å². The van der Waals surface area contributed by atoms with Crippen molar-refractivity contribution in [2.45, 2.75) is 53.4 Å². The summed E-state index contributed by atoms with van der Waals surface area (Å²) < 4.78 is 0. The zero-order valence-corrected chi connectivity index (χ0v) is 11.8. The summed E-state index contributed by atoms with van der Waals surface area (Å²) in [4.78, 5) is 16.6. The Kier molecular flexibility index (Phi) is 4.07. The van der Waals surface area contributed by atoms with Crippen molar-refractivity contribution in [2.75, 3.05) is 0 Å². The molecule has 0 N–H and O–H groups in total. The monoisotopic (exact) mass is 233 g/mol. The van der Waals surface area contributed by atoms with Crippen LogP contribution in [0.1, 0.15) is 62.7 Å². The molecule has 0 aliphatic heterocycles. The van der Waals surface area contributed by atoms with Gasteiger partial charge in [-0.05, 0) is 30.4 Å². The first-order chi connectivity index (χ1) is 7.81. The molecule has 0 bridgehead atoms. The van der Waals surface area contributed by atoms with Crippen molar-refractivity contribution in [2.24, 2.45) is 5.92 Å². The highest BCUT2D eigenvalue weighted by molar-refractivity contribution is 6.00. The minimum Gasteiger partial charge on any atom is -0.294 e. The Balaban J connectivity index is 3.42. The van der Waals surface area contributed by atoms with Crippen molar-refractivity contribution in [3.05, 3.63) is 29.1 Å². The maximum absolute atomic E-state index is 12.3. The summed E-state index contributed by atoms with van der Waals surface area (Å²) in [6.45, 7) is 12.3. The second kappa shape index (κ2) is 4.99. The summed E-state index contributed by atoms with van der Waals surface area (Å²) in [5.74, 6) is 0.219. The predicted molar refractivity (Wildman–Crippen MR) is 71.5 cm³/mol. The van der Waals surface area contributed by atoms with Gasteiger partial charge in [-0.15, -0.1) is 0 Å². The largest absolute Gasteiger partial charge is 0.294 e. The second-order valence-electron chi connectivity index (χ2n) is 5.58. The molecule has 2 heteroatoms. The van der Waals surface area contributed by atoms with Gasteiger partial charge in [0.25, 0.3) is 0 Å². The van der Waals surface area contributed by atoms with Gasteiger partial charge in [0.1, 0.15) is 0 Å². The van der Waals surface area contributed by atoms with E-state index in [0.717, 1.165) is 23.2 Å². The van der Waals surface area contributed by atoms with E-state index in [0.29, 0.717) is 0 Å². The van der Waals surface area contributed by atoms with Crippen LogP contribution in [0.15, 0.2) is 12.3 Å². The molecule has 17 heavy (non-hydrogen) atoms. The fourth-order valence-corrected chi connectivity index (χ4v) is 1.92. The fraction of sp³-hybridized carbons (Fsp3) is 0.600. The molecule has 1 aromatic heterocycles. The number of aryl methyl sites for hydroxylation is 1. The molecule has 0 amide bonds. The van der Waals surface area contributed by atoms with E-state index in [1.54, 1.807) is 6.20 Å². The molecule has 1 aromatic rings. The number of ketones is 1. The molecule has 0 saturated heterocycles. The third-order valence-corrected chi connectivity index (χ3v) is 3.52. The lowest BCUT2D eigenvalue weighted by atomic mass is 9.77. The van der Waals surface area contributed by atoms with Crippen molar-refractivity contribution in [1.82, 2.24) is 4.98 Å². The summed E-state index contributed by atoms with van der Waals surface area (Å²) in [6, 6.07) is 1.99. The molecule has 0 spiro atoms. The first kappa shape index (κ1) is 13.9. The first-order valence-electron chi connectivity index (χ1n) is 6.31. The number of rotatable bonds is 4. The smallest absolute Gasteiger partial charge is 0.167 e. The van der Waals surface area contributed by atoms with Crippen molar-refractivity contribution < 1.29 is 4.79 Å². The van der Waals surface area contributed by atoms with Crippen molar-refractivity contribution in [1.29, 1.82) is 0 Å². The van der Waals surface area contributed by atoms with Crippen LogP contribution in [0.3, 0.4) is 0 Å². The first-order valence-corrected chi connectivity index (χ1v) is 6.31. The van der Waals surface area contributed by atoms with E-state index in [1.807, 2.05) is 26.8 Å². The van der Waals surface area contributed by atoms with E-state index in [9.17, 15) is 4.79 Å². The van der Waals surface area contributed by atoms with Gasteiger partial charge < -0.3 is 0 Å². The maximum Gasteiger partial charge on any atom is 0.167 e. The van der Waals surface area contributed by atoms with Gasteiger partial charge in [0.2, 0.25) is 0 Å². The van der Waals surface area contributed by atoms with Crippen LogP contribution in [0.25, 0.3) is 0 Å². The van der Waals surface area contributed by atoms with E-state index in [-0.39, 0.29) is 17.1 Å². The molecule has 0 aliphatic carbocycles. The molecular weight excluding hydrogens is 210 g/mol. The quantitative estimate of drug-likeness (QED) is 0.738. The number of hydrogen-bond donors (Lipinski definition) is 0. The van der Waals surface area contributed by atoms with Crippen LogP contribution in [0.2, 0.25) is 0 Å². The topological polar surface area (TPSA) is 30.0 Å². The number of pyridine rings is 1. The van der Waals surface area contributed by atoms with E-state index in [2.05, 4.69) is 25.8 Å². The van der Waals surface area contributed by atoms with Crippen molar-refractivity contribution in [3.8, 4) is 0 Å². The molecule has 0 saturated carbocycles. The number of carbonyl (C=O) groups excluding carboxylic acids is 1. The minimum atomic E-state index is 0.0179. The van der Waals surface area contributed by atoms with Gasteiger partial charge in [-0.1, -0.05) is 34.6 Å². The maximum atomic E-state index is 12.3. The average molecular weight is 233 g/mol. The molecule has 0 aliphatic rings. The van der Waals surface area contributed by atoms with Crippen LogP contribution in [0, 0.1) is 12.8 Å². The number of aromatic nitrogens is 1. The highest BCUT2D eigenvalue weighted by atomic mass is 16.1. The van der Waals surface area contributed by atoms with Gasteiger partial charge in [0.15, 0.2) is 5.78 Å². The van der Waals surface area contributed by atoms with Crippen LogP contribution in [0.4, 0.5) is 0 Å². The van der Waals surface area contributed by atoms with Crippen LogP contribution >= 0.6 is 0 Å². The predicted octanol–water partition coefficient (Wildman–Crippen LogP) is 3.92. The van der Waals surface area contributed by atoms with Gasteiger partial charge in [-0.2, -0.15) is 0 Å². The normalized spacial score (nSPS) is 11.9. The number of carbonyl (C=O) groups is 1. The molecular formula is C15H23NO. The SMILES string of the molecule is CCC(C)(C)c1ccnc(C)c1C(=O)C(C)C. The van der Waals surface area contributed by atoms with Gasteiger partial charge in [0, 0.05) is 23.4 Å². The molecule has 2 nitrogen and oxygen atoms in total. The van der Waals surface area contributed by atoms with E-state index < -0.39 is 0 Å². The van der Waals surface area contributed by atoms with E-state index in [1.165, 1.54) is 0 Å². The highest BCUT2D eigenvalue weighted by Crippen LogP contribution is 2.31. The lowest BCUT2D eigenvalue weighted by Crippen LogP contribution is -2.23. The molecule has 1 rings (SSSR count). The Morgan fingerprint density at radius 2 is 2.00 bits per heavy atom. The molecule has 0 fully saturated rings. The molecule has 1 heterocycles. The highest BCUT2D eigenvalue weighted by Gasteiger charge is 2.27. The lowest BCUT2D eigenvalue weighted by molar-refractivity contribution is 0.0936. The molecule has 94 valence electrons. The third kappa shape index (κ3) is 2.74. The van der Waals surface area contributed by atoms with Crippen LogP contribution < -0.4 is 0 Å². The van der Waals surface area contributed by atoms with Crippen molar-refractivity contribution >= 4 is 5.78 Å². The Labute approximate surface area is 104 Å². The lowest BCUT2D eigenvalue weighted by Gasteiger charge is -2.27. The number of Topliss-reactive ketones (excluding diaryl/α,β-unsaturated/α-hetero) is 1. The van der Waals surface area contributed by atoms with Gasteiger partial charge >= 0.3 is 0 Å². The average Bonchev–Trinajstić information content (AvgIpc) is 2.27. The van der Waals surface area contributed by atoms with Crippen LogP contribution in [0.5, 0.6) is 0 Å². The summed E-state index contributed by atoms with van der Waals surface area (Å²) in [5.41, 5.74) is 2.83. The summed E-state index contributed by atoms with van der Waals surface area (Å²) in [7, 11) is 0. The van der Waals surface area contributed by atoms with Crippen LogP contribution in [-0.2, 0) is 5.41 Å². The number of hydrogen-bond acceptors (Lipinski definition) is 2. The summed E-state index contributed by atoms with van der Waals surface area (Å²) in [6.07, 6.45) is 2.81. The molecule has 0 aromatic carbocycles. The summed E-state index contributed by atoms with van der Waals surface area (Å²) >= 11 is 0. The van der Waals surface area contributed by atoms with Gasteiger partial charge in [0.05, 0.1) is 0 Å². The van der Waals surface area contributed by atoms with Crippen molar-refractivity contribution in [3.63, 3.8) is 0 Å². The zero-order chi connectivity index (χ0) is 13.2. The van der Waals surface area contributed by atoms with Gasteiger partial charge in [-0.3, -0.25) is 9.78 Å². The third-order valence-electron chi connectivity index (χ3n) is 3.52. The molecule has 0 atom stereocenters. The Morgan fingerprint density at radius 1 is 1.41 bits per heavy atom.